The fourth-order valence-electron chi connectivity index (χ4n) is 2.12. The maximum Gasteiger partial charge on any atom is 0.213 e. The standard InChI is InChI=1S/C14H17NO3/c1-10-7-8-18-14(10)13(17)11-3-5-12(6-4-11)15(2)9-16/h3-6,9-10,14H,7-8H2,1-2H3. The van der Waals surface area contributed by atoms with E-state index in [1.807, 2.05) is 6.92 Å². The number of benzene rings is 1. The summed E-state index contributed by atoms with van der Waals surface area (Å²) in [7, 11) is 1.67. The molecular weight excluding hydrogens is 230 g/mol. The Bertz CT molecular complexity index is 441. The maximum atomic E-state index is 12.2. The van der Waals surface area contributed by atoms with Crippen LogP contribution in [0.1, 0.15) is 23.7 Å². The molecule has 2 atom stereocenters. The highest BCUT2D eigenvalue weighted by molar-refractivity contribution is 6.00. The van der Waals surface area contributed by atoms with Crippen LogP contribution in [0.5, 0.6) is 0 Å². The number of carbonyl (C=O) groups excluding carboxylic acids is 2. The maximum absolute atomic E-state index is 12.2. The number of carbonyl (C=O) groups is 2. The summed E-state index contributed by atoms with van der Waals surface area (Å²) in [5, 5.41) is 0. The van der Waals surface area contributed by atoms with Crippen LogP contribution in [0.4, 0.5) is 5.69 Å². The van der Waals surface area contributed by atoms with Crippen LogP contribution in [0.15, 0.2) is 24.3 Å². The van der Waals surface area contributed by atoms with Gasteiger partial charge in [0.05, 0.1) is 0 Å². The zero-order chi connectivity index (χ0) is 13.1. The third kappa shape index (κ3) is 2.43. The molecule has 4 nitrogen and oxygen atoms in total. The first kappa shape index (κ1) is 12.8. The zero-order valence-electron chi connectivity index (χ0n) is 10.6. The summed E-state index contributed by atoms with van der Waals surface area (Å²) in [6, 6.07) is 7.01. The highest BCUT2D eigenvalue weighted by atomic mass is 16.5. The van der Waals surface area contributed by atoms with E-state index >= 15 is 0 Å². The minimum Gasteiger partial charge on any atom is -0.370 e. The molecule has 4 heteroatoms. The van der Waals surface area contributed by atoms with Gasteiger partial charge in [-0.15, -0.1) is 0 Å². The van der Waals surface area contributed by atoms with Crippen LogP contribution in [-0.4, -0.2) is 32.0 Å². The van der Waals surface area contributed by atoms with E-state index in [4.69, 9.17) is 4.74 Å². The van der Waals surface area contributed by atoms with Crippen molar-refractivity contribution in [2.24, 2.45) is 5.92 Å². The summed E-state index contributed by atoms with van der Waals surface area (Å²) in [5.41, 5.74) is 1.40. The van der Waals surface area contributed by atoms with Gasteiger partial charge >= 0.3 is 0 Å². The first-order valence-corrected chi connectivity index (χ1v) is 6.07. The number of hydrogen-bond donors (Lipinski definition) is 0. The van der Waals surface area contributed by atoms with E-state index < -0.39 is 0 Å². The lowest BCUT2D eigenvalue weighted by Crippen LogP contribution is -2.25. The molecule has 18 heavy (non-hydrogen) atoms. The first-order valence-electron chi connectivity index (χ1n) is 6.07. The second-order valence-electron chi connectivity index (χ2n) is 4.68. The van der Waals surface area contributed by atoms with E-state index in [0.29, 0.717) is 12.2 Å². The van der Waals surface area contributed by atoms with Gasteiger partial charge in [-0.2, -0.15) is 0 Å². The molecule has 1 aliphatic rings. The third-order valence-electron chi connectivity index (χ3n) is 3.36. The van der Waals surface area contributed by atoms with Crippen LogP contribution in [-0.2, 0) is 9.53 Å². The highest BCUT2D eigenvalue weighted by Crippen LogP contribution is 2.24. The Balaban J connectivity index is 2.14. The van der Waals surface area contributed by atoms with Gasteiger partial charge in [-0.05, 0) is 36.6 Å². The van der Waals surface area contributed by atoms with Crippen molar-refractivity contribution in [2.75, 3.05) is 18.6 Å². The summed E-state index contributed by atoms with van der Waals surface area (Å²) in [5.74, 6) is 0.301. The lowest BCUT2D eigenvalue weighted by molar-refractivity contribution is -0.107. The van der Waals surface area contributed by atoms with E-state index in [-0.39, 0.29) is 17.8 Å². The molecule has 0 aromatic heterocycles. The van der Waals surface area contributed by atoms with E-state index in [9.17, 15) is 9.59 Å². The third-order valence-corrected chi connectivity index (χ3v) is 3.36. The summed E-state index contributed by atoms with van der Waals surface area (Å²) >= 11 is 0. The SMILES string of the molecule is CC1CCOC1C(=O)c1ccc(N(C)C=O)cc1. The van der Waals surface area contributed by atoms with Crippen molar-refractivity contribution >= 4 is 17.9 Å². The molecular formula is C14H17NO3. The van der Waals surface area contributed by atoms with Crippen molar-refractivity contribution in [3.05, 3.63) is 29.8 Å². The van der Waals surface area contributed by atoms with Gasteiger partial charge in [-0.25, -0.2) is 0 Å². The first-order chi connectivity index (χ1) is 8.63. The smallest absolute Gasteiger partial charge is 0.213 e. The van der Waals surface area contributed by atoms with E-state index in [2.05, 4.69) is 0 Å². The van der Waals surface area contributed by atoms with E-state index in [1.54, 1.807) is 31.3 Å². The molecule has 1 aromatic rings. The van der Waals surface area contributed by atoms with Gasteiger partial charge in [-0.1, -0.05) is 6.92 Å². The molecule has 0 saturated carbocycles. The molecule has 2 unspecified atom stereocenters. The number of amides is 1. The van der Waals surface area contributed by atoms with Crippen molar-refractivity contribution in [3.8, 4) is 0 Å². The summed E-state index contributed by atoms with van der Waals surface area (Å²) in [4.78, 5) is 24.3. The van der Waals surface area contributed by atoms with Crippen molar-refractivity contribution in [2.45, 2.75) is 19.4 Å². The molecule has 96 valence electrons. The molecule has 1 amide bonds. The monoisotopic (exact) mass is 247 g/mol. The number of Topliss-reactive ketones (excluding diaryl/α,β-unsaturated/α-hetero) is 1. The van der Waals surface area contributed by atoms with Crippen LogP contribution < -0.4 is 4.90 Å². The van der Waals surface area contributed by atoms with Gasteiger partial charge in [0.2, 0.25) is 6.41 Å². The summed E-state index contributed by atoms with van der Waals surface area (Å²) in [6.07, 6.45) is 1.35. The zero-order valence-corrected chi connectivity index (χ0v) is 10.6. The van der Waals surface area contributed by atoms with Crippen molar-refractivity contribution in [3.63, 3.8) is 0 Å². The fourth-order valence-corrected chi connectivity index (χ4v) is 2.12. The molecule has 1 aliphatic heterocycles. The number of ketones is 1. The van der Waals surface area contributed by atoms with Gasteiger partial charge in [0, 0.05) is 24.9 Å². The van der Waals surface area contributed by atoms with Crippen molar-refractivity contribution in [1.82, 2.24) is 0 Å². The molecule has 0 aliphatic carbocycles. The lowest BCUT2D eigenvalue weighted by atomic mass is 9.96. The summed E-state index contributed by atoms with van der Waals surface area (Å²) in [6.45, 7) is 2.69. The quantitative estimate of drug-likeness (QED) is 0.603. The molecule has 1 heterocycles. The molecule has 1 saturated heterocycles. The van der Waals surface area contributed by atoms with Crippen LogP contribution in [0.3, 0.4) is 0 Å². The Morgan fingerprint density at radius 1 is 1.39 bits per heavy atom. The molecule has 2 rings (SSSR count). The number of ether oxygens (including phenoxy) is 1. The Hall–Kier alpha value is -1.68. The Morgan fingerprint density at radius 2 is 2.06 bits per heavy atom. The van der Waals surface area contributed by atoms with E-state index in [1.165, 1.54) is 4.90 Å². The van der Waals surface area contributed by atoms with Crippen molar-refractivity contribution < 1.29 is 14.3 Å². The van der Waals surface area contributed by atoms with Gasteiger partial charge in [0.15, 0.2) is 5.78 Å². The molecule has 1 fully saturated rings. The lowest BCUT2D eigenvalue weighted by Gasteiger charge is -2.14. The predicted octanol–water partition coefficient (Wildman–Crippen LogP) is 1.89. The van der Waals surface area contributed by atoms with Crippen molar-refractivity contribution in [1.29, 1.82) is 0 Å². The summed E-state index contributed by atoms with van der Waals surface area (Å²) < 4.78 is 5.46. The Labute approximate surface area is 107 Å². The van der Waals surface area contributed by atoms with Gasteiger partial charge in [0.1, 0.15) is 6.10 Å². The minimum absolute atomic E-state index is 0.0281. The topological polar surface area (TPSA) is 46.6 Å². The highest BCUT2D eigenvalue weighted by Gasteiger charge is 2.31. The van der Waals surface area contributed by atoms with Crippen LogP contribution in [0.25, 0.3) is 0 Å². The largest absolute Gasteiger partial charge is 0.370 e. The predicted molar refractivity (Wildman–Crippen MR) is 68.8 cm³/mol. The molecule has 0 radical (unpaired) electrons. The van der Waals surface area contributed by atoms with E-state index in [0.717, 1.165) is 18.5 Å². The van der Waals surface area contributed by atoms with Crippen LogP contribution in [0.2, 0.25) is 0 Å². The molecule has 0 N–H and O–H groups in total. The van der Waals surface area contributed by atoms with Crippen LogP contribution >= 0.6 is 0 Å². The average molecular weight is 247 g/mol. The number of rotatable bonds is 4. The average Bonchev–Trinajstić information content (AvgIpc) is 2.83. The molecule has 1 aromatic carbocycles. The second kappa shape index (κ2) is 5.31. The van der Waals surface area contributed by atoms with Gasteiger partial charge in [-0.3, -0.25) is 9.59 Å². The van der Waals surface area contributed by atoms with Gasteiger partial charge < -0.3 is 9.64 Å². The second-order valence-corrected chi connectivity index (χ2v) is 4.68. The minimum atomic E-state index is -0.320. The van der Waals surface area contributed by atoms with Gasteiger partial charge in [0.25, 0.3) is 0 Å². The number of hydrogen-bond acceptors (Lipinski definition) is 3. The molecule has 0 spiro atoms. The molecule has 0 bridgehead atoms. The Morgan fingerprint density at radius 3 is 2.56 bits per heavy atom. The fraction of sp³-hybridized carbons (Fsp3) is 0.429. The number of nitrogens with zero attached hydrogens (tertiary/aromatic N) is 1. The normalized spacial score (nSPS) is 22.8. The Kier molecular flexibility index (Phi) is 3.77. The van der Waals surface area contributed by atoms with Crippen LogP contribution in [0, 0.1) is 5.92 Å². The number of anilines is 1.